The van der Waals surface area contributed by atoms with Crippen molar-refractivity contribution in [2.75, 3.05) is 0 Å². The van der Waals surface area contributed by atoms with Crippen LogP contribution in [0, 0.1) is 0 Å². The van der Waals surface area contributed by atoms with Gasteiger partial charge < -0.3 is 15.2 Å². The average molecular weight is 967 g/mol. The number of rotatable bonds is 8. The van der Waals surface area contributed by atoms with Crippen LogP contribution in [0.4, 0.5) is 158 Å². The van der Waals surface area contributed by atoms with Crippen molar-refractivity contribution in [3.05, 3.63) is 0 Å². The molecule has 0 atom stereocenters. The molecule has 0 unspecified atom stereocenters. The average Bonchev–Trinajstić information content (AvgIpc) is 2.77. The van der Waals surface area contributed by atoms with Gasteiger partial charge in [-0.25, -0.2) is 0 Å². The van der Waals surface area contributed by atoms with Gasteiger partial charge in [0.2, 0.25) is 0 Å². The summed E-state index contributed by atoms with van der Waals surface area (Å²) >= 11 is -13.8. The summed E-state index contributed by atoms with van der Waals surface area (Å²) < 4.78 is 493. The van der Waals surface area contributed by atoms with E-state index in [0.29, 0.717) is 0 Å². The highest BCUT2D eigenvalue weighted by Gasteiger charge is 2.96. The van der Waals surface area contributed by atoms with Gasteiger partial charge in [0.05, 0.1) is 0 Å². The number of hydrogen-bond donors (Lipinski definition) is 0. The fourth-order valence-corrected chi connectivity index (χ4v) is 7.37. The second kappa shape index (κ2) is 13.9. The van der Waals surface area contributed by atoms with Crippen LogP contribution in [0.15, 0.2) is 0 Å². The summed E-state index contributed by atoms with van der Waals surface area (Å²) in [7, 11) is 0. The van der Waals surface area contributed by atoms with E-state index in [0.717, 1.165) is 15.2 Å². The molecule has 41 heteroatoms. The largest absolute Gasteiger partial charge is 0.879 e. The summed E-state index contributed by atoms with van der Waals surface area (Å²) in [6, 6.07) is 0. The number of halogens is 36. The van der Waals surface area contributed by atoms with E-state index in [1.54, 1.807) is 0 Å². The summed E-state index contributed by atoms with van der Waals surface area (Å²) in [5.74, 6) is 0. The molecule has 0 rings (SSSR count). The molecule has 0 aliphatic carbocycles. The SMILES string of the molecule is FC(F)(F)C([O][Al-]([O]C(C(F)(F)F)(C(F)(F)F)C(F)(F)F)([O]C(C(F)(F)F)(C(F)(F)F)C(F)(F)F)[O]C(C(F)(F)F)(C(F)(F)F)C(F)(F)F)(C(F)(F)F)C(F)(F)F. The molecule has 0 N–H and O–H groups in total. The molecule has 0 fully saturated rings. The van der Waals surface area contributed by atoms with Crippen molar-refractivity contribution in [1.29, 1.82) is 0 Å². The van der Waals surface area contributed by atoms with E-state index in [1.165, 1.54) is 0 Å². The molecule has 0 radical (unpaired) electrons. The summed E-state index contributed by atoms with van der Waals surface area (Å²) in [4.78, 5) is 0. The fraction of sp³-hybridized carbons (Fsp3) is 1.00. The molecule has 57 heavy (non-hydrogen) atoms. The van der Waals surface area contributed by atoms with Crippen LogP contribution < -0.4 is 0 Å². The van der Waals surface area contributed by atoms with Crippen LogP contribution in [0.1, 0.15) is 0 Å². The molecule has 0 aliphatic rings. The fourth-order valence-electron chi connectivity index (χ4n) is 3.74. The van der Waals surface area contributed by atoms with Gasteiger partial charge in [-0.1, -0.05) is 0 Å². The first-order chi connectivity index (χ1) is 23.8. The van der Waals surface area contributed by atoms with Crippen LogP contribution >= 0.6 is 0 Å². The van der Waals surface area contributed by atoms with Crippen molar-refractivity contribution in [2.45, 2.75) is 96.5 Å². The molecule has 0 aromatic rings. The van der Waals surface area contributed by atoms with Gasteiger partial charge in [0.15, 0.2) is 0 Å². The van der Waals surface area contributed by atoms with Crippen molar-refractivity contribution < 1.29 is 173 Å². The van der Waals surface area contributed by atoms with Crippen LogP contribution in [0.3, 0.4) is 0 Å². The van der Waals surface area contributed by atoms with Gasteiger partial charge in [0.25, 0.3) is 0 Å². The maximum Gasteiger partial charge on any atom is 0.879 e. The topological polar surface area (TPSA) is 36.9 Å². The molecule has 344 valence electrons. The van der Waals surface area contributed by atoms with Crippen LogP contribution in [0.25, 0.3) is 0 Å². The quantitative estimate of drug-likeness (QED) is 0.179. The lowest BCUT2D eigenvalue weighted by atomic mass is 10.0. The maximum absolute atomic E-state index is 13.8. The van der Waals surface area contributed by atoms with Gasteiger partial charge in [-0.05, 0) is 0 Å². The summed E-state index contributed by atoms with van der Waals surface area (Å²) in [5.41, 5.74) is -40.5. The highest BCUT2D eigenvalue weighted by Crippen LogP contribution is 2.65. The Morgan fingerprint density at radius 3 is 0.281 bits per heavy atom. The van der Waals surface area contributed by atoms with Crippen LogP contribution in [-0.4, -0.2) is 111 Å². The third kappa shape index (κ3) is 8.59. The second-order valence-corrected chi connectivity index (χ2v) is 11.8. The Balaban J connectivity index is 10.6. The van der Waals surface area contributed by atoms with Crippen LogP contribution in [0.5, 0.6) is 0 Å². The molecule has 0 aliphatic heterocycles. The third-order valence-corrected chi connectivity index (χ3v) is 8.64. The highest BCUT2D eigenvalue weighted by molar-refractivity contribution is 6.54. The molecule has 0 saturated carbocycles. The van der Waals surface area contributed by atoms with E-state index in [2.05, 4.69) is 0 Å². The van der Waals surface area contributed by atoms with E-state index in [4.69, 9.17) is 0 Å². The van der Waals surface area contributed by atoms with Gasteiger partial charge >= 0.3 is 111 Å². The van der Waals surface area contributed by atoms with E-state index in [9.17, 15) is 158 Å². The molecule has 0 bridgehead atoms. The number of hydrogen-bond acceptors (Lipinski definition) is 4. The first kappa shape index (κ1) is 54.9. The molecular weight excluding hydrogens is 967 g/mol. The first-order valence-electron chi connectivity index (χ1n) is 11.6. The lowest BCUT2D eigenvalue weighted by molar-refractivity contribution is -0.500. The zero-order valence-electron chi connectivity index (χ0n) is 23.8. The predicted octanol–water partition coefficient (Wildman–Crippen LogP) is 11.2. The Labute approximate surface area is 285 Å². The van der Waals surface area contributed by atoms with Crippen molar-refractivity contribution in [3.63, 3.8) is 0 Å². The summed E-state index contributed by atoms with van der Waals surface area (Å²) in [6.07, 6.45) is -116. The number of alkyl halides is 36. The van der Waals surface area contributed by atoms with Gasteiger partial charge in [-0.3, -0.25) is 0 Å². The summed E-state index contributed by atoms with van der Waals surface area (Å²) in [6.45, 7) is 0. The molecule has 0 saturated heterocycles. The molecule has 0 spiro atoms. The van der Waals surface area contributed by atoms with Crippen molar-refractivity contribution in [2.24, 2.45) is 0 Å². The smallest absolute Gasteiger partial charge is 0.562 e. The van der Waals surface area contributed by atoms with Gasteiger partial charge in [0, 0.05) is 0 Å². The Bertz CT molecular complexity index is 1020. The van der Waals surface area contributed by atoms with Crippen molar-refractivity contribution in [1.82, 2.24) is 0 Å². The maximum atomic E-state index is 13.6. The lowest BCUT2D eigenvalue weighted by Gasteiger charge is -2.57. The van der Waals surface area contributed by atoms with Crippen molar-refractivity contribution in [3.8, 4) is 0 Å². The molecular formula is C16AlF36O4-. The first-order valence-corrected chi connectivity index (χ1v) is 13.4. The third-order valence-electron chi connectivity index (χ3n) is 6.07. The molecule has 0 aromatic carbocycles. The molecule has 4 nitrogen and oxygen atoms in total. The molecule has 0 amide bonds. The van der Waals surface area contributed by atoms with Gasteiger partial charge in [0.1, 0.15) is 0 Å². The standard InChI is InChI=1S/4C4F9O.Al/c4*5-2(6,7)1(14,3(8,9)10)4(11,12)13;/q4*-1;+3. The highest BCUT2D eigenvalue weighted by atomic mass is 27.3. The van der Waals surface area contributed by atoms with E-state index in [1.807, 2.05) is 0 Å². The minimum atomic E-state index is -13.8. The van der Waals surface area contributed by atoms with Crippen molar-refractivity contribution >= 4 is 14.4 Å². The van der Waals surface area contributed by atoms with Crippen LogP contribution in [0.2, 0.25) is 0 Å². The normalized spacial score (nSPS) is 17.1. The van der Waals surface area contributed by atoms with Crippen LogP contribution in [-0.2, 0) is 15.2 Å². The Morgan fingerprint density at radius 1 is 0.158 bits per heavy atom. The minimum absolute atomic E-state index is 0.867. The monoisotopic (exact) mass is 967 g/mol. The van der Waals surface area contributed by atoms with Gasteiger partial charge in [-0.2, -0.15) is 158 Å². The zero-order chi connectivity index (χ0) is 47.3. The molecule has 0 heterocycles. The summed E-state index contributed by atoms with van der Waals surface area (Å²) in [5, 5.41) is 0. The minimum Gasteiger partial charge on any atom is -0.562 e. The lowest BCUT2D eigenvalue weighted by Crippen LogP contribution is -2.83. The van der Waals surface area contributed by atoms with E-state index in [-0.39, 0.29) is 0 Å². The Kier molecular flexibility index (Phi) is 13.4. The van der Waals surface area contributed by atoms with E-state index >= 15 is 0 Å². The predicted molar refractivity (Wildman–Crippen MR) is 93.7 cm³/mol. The molecule has 0 aromatic heterocycles. The zero-order valence-corrected chi connectivity index (χ0v) is 25.0. The second-order valence-electron chi connectivity index (χ2n) is 9.75. The Morgan fingerprint density at radius 2 is 0.228 bits per heavy atom. The Hall–Kier alpha value is -2.15. The van der Waals surface area contributed by atoms with E-state index < -0.39 is 111 Å². The van der Waals surface area contributed by atoms with Gasteiger partial charge in [-0.15, -0.1) is 0 Å².